The van der Waals surface area contributed by atoms with Crippen LogP contribution in [0.1, 0.15) is 34.6 Å². The maximum Gasteiger partial charge on any atom is 0.231 e. The third-order valence-electron chi connectivity index (χ3n) is 6.36. The molecule has 0 amide bonds. The molecule has 0 N–H and O–H groups in total. The van der Waals surface area contributed by atoms with Gasteiger partial charge < -0.3 is 14.2 Å². The summed E-state index contributed by atoms with van der Waals surface area (Å²) in [5.41, 5.74) is 3.30. The van der Waals surface area contributed by atoms with Gasteiger partial charge in [-0.15, -0.1) is 5.10 Å². The highest BCUT2D eigenvalue weighted by Gasteiger charge is 2.33. The van der Waals surface area contributed by atoms with Crippen molar-refractivity contribution in [1.82, 2.24) is 25.1 Å². The number of fused-ring (bicyclic) bond motifs is 1. The largest absolute Gasteiger partial charge is 0.454 e. The van der Waals surface area contributed by atoms with Crippen LogP contribution in [-0.4, -0.2) is 58.2 Å². The van der Waals surface area contributed by atoms with Crippen LogP contribution in [0, 0.1) is 0 Å². The van der Waals surface area contributed by atoms with Gasteiger partial charge >= 0.3 is 0 Å². The Hall–Kier alpha value is -3.75. The summed E-state index contributed by atoms with van der Waals surface area (Å²) in [6, 6.07) is 26.5. The lowest BCUT2D eigenvalue weighted by atomic mass is 9.97. The number of morpholine rings is 1. The number of aromatic nitrogens is 4. The smallest absolute Gasteiger partial charge is 0.231 e. The van der Waals surface area contributed by atoms with E-state index in [0.717, 1.165) is 47.1 Å². The van der Waals surface area contributed by atoms with Crippen molar-refractivity contribution < 1.29 is 14.2 Å². The first-order chi connectivity index (χ1) is 16.9. The maximum absolute atomic E-state index is 5.69. The Morgan fingerprint density at radius 3 is 2.09 bits per heavy atom. The average molecular weight is 456 g/mol. The first-order valence-electron chi connectivity index (χ1n) is 11.5. The van der Waals surface area contributed by atoms with Gasteiger partial charge in [-0.05, 0) is 39.2 Å². The Kier molecular flexibility index (Phi) is 5.66. The molecule has 1 atom stereocenters. The summed E-state index contributed by atoms with van der Waals surface area (Å²) in [5, 5.41) is 13.3. The molecule has 0 bridgehead atoms. The standard InChI is InChI=1S/C26H25N5O3/c1-3-7-19(8-4-1)24(20-9-5-2-6-10-20)31-26(27-28-29-31)25(30-13-15-32-16-14-30)21-11-12-22-23(17-21)34-18-33-22/h1-12,17,24-25H,13-16,18H2/t25-/m0/s1. The Labute approximate surface area is 197 Å². The average Bonchev–Trinajstić information content (AvgIpc) is 3.56. The van der Waals surface area contributed by atoms with E-state index in [1.165, 1.54) is 0 Å². The monoisotopic (exact) mass is 455 g/mol. The van der Waals surface area contributed by atoms with E-state index in [0.29, 0.717) is 13.2 Å². The van der Waals surface area contributed by atoms with Gasteiger partial charge in [-0.1, -0.05) is 66.7 Å². The van der Waals surface area contributed by atoms with Crippen LogP contribution in [-0.2, 0) is 4.74 Å². The summed E-state index contributed by atoms with van der Waals surface area (Å²) in [5.74, 6) is 2.28. The SMILES string of the molecule is c1ccc(C(c2ccccc2)n2nnnc2[C@H](c2ccc3c(c2)OCO3)N2CCOCC2)cc1. The molecule has 0 unspecified atom stereocenters. The highest BCUT2D eigenvalue weighted by Crippen LogP contribution is 2.38. The van der Waals surface area contributed by atoms with E-state index in [9.17, 15) is 0 Å². The number of rotatable bonds is 6. The third kappa shape index (κ3) is 3.91. The summed E-state index contributed by atoms with van der Waals surface area (Å²) in [7, 11) is 0. The van der Waals surface area contributed by atoms with Crippen LogP contribution in [0.25, 0.3) is 0 Å². The van der Waals surface area contributed by atoms with Crippen molar-refractivity contribution in [3.8, 4) is 11.5 Å². The van der Waals surface area contributed by atoms with Crippen molar-refractivity contribution in [3.05, 3.63) is 101 Å². The van der Waals surface area contributed by atoms with E-state index >= 15 is 0 Å². The molecule has 0 radical (unpaired) electrons. The van der Waals surface area contributed by atoms with Crippen LogP contribution >= 0.6 is 0 Å². The quantitative estimate of drug-likeness (QED) is 0.441. The van der Waals surface area contributed by atoms with Crippen LogP contribution in [0.15, 0.2) is 78.9 Å². The molecule has 0 spiro atoms. The van der Waals surface area contributed by atoms with Gasteiger partial charge in [-0.2, -0.15) is 0 Å². The first kappa shape index (κ1) is 20.8. The normalized spacial score (nSPS) is 16.6. The fourth-order valence-electron chi connectivity index (χ4n) is 4.75. The van der Waals surface area contributed by atoms with E-state index < -0.39 is 0 Å². The topological polar surface area (TPSA) is 74.5 Å². The number of nitrogens with zero attached hydrogens (tertiary/aromatic N) is 5. The van der Waals surface area contributed by atoms with Crippen molar-refractivity contribution in [2.75, 3.05) is 33.1 Å². The minimum Gasteiger partial charge on any atom is -0.454 e. The summed E-state index contributed by atoms with van der Waals surface area (Å²) in [6.07, 6.45) is 0. The lowest BCUT2D eigenvalue weighted by Crippen LogP contribution is -2.41. The Morgan fingerprint density at radius 1 is 0.706 bits per heavy atom. The van der Waals surface area contributed by atoms with Gasteiger partial charge in [-0.25, -0.2) is 4.68 Å². The predicted octanol–water partition coefficient (Wildman–Crippen LogP) is 3.46. The zero-order valence-corrected chi connectivity index (χ0v) is 18.7. The first-order valence-corrected chi connectivity index (χ1v) is 11.5. The summed E-state index contributed by atoms with van der Waals surface area (Å²) >= 11 is 0. The minimum atomic E-state index is -0.164. The molecule has 0 aliphatic carbocycles. The fraction of sp³-hybridized carbons (Fsp3) is 0.269. The van der Waals surface area contributed by atoms with Gasteiger partial charge in [0.05, 0.1) is 19.3 Å². The second kappa shape index (κ2) is 9.24. The third-order valence-corrected chi connectivity index (χ3v) is 6.36. The van der Waals surface area contributed by atoms with Crippen LogP contribution in [0.2, 0.25) is 0 Å². The van der Waals surface area contributed by atoms with E-state index in [-0.39, 0.29) is 18.9 Å². The highest BCUT2D eigenvalue weighted by atomic mass is 16.7. The number of hydrogen-bond donors (Lipinski definition) is 0. The number of benzene rings is 3. The van der Waals surface area contributed by atoms with Gasteiger partial charge in [-0.3, -0.25) is 4.90 Å². The molecule has 2 aliphatic heterocycles. The van der Waals surface area contributed by atoms with Gasteiger partial charge in [0.25, 0.3) is 0 Å². The van der Waals surface area contributed by atoms with Gasteiger partial charge in [0.2, 0.25) is 6.79 Å². The van der Waals surface area contributed by atoms with E-state index in [1.807, 2.05) is 53.2 Å². The summed E-state index contributed by atoms with van der Waals surface area (Å²) in [4.78, 5) is 2.37. The molecular formula is C26H25N5O3. The molecule has 34 heavy (non-hydrogen) atoms. The van der Waals surface area contributed by atoms with Gasteiger partial charge in [0.1, 0.15) is 6.04 Å². The molecular weight excluding hydrogens is 430 g/mol. The number of hydrogen-bond acceptors (Lipinski definition) is 7. The molecule has 1 saturated heterocycles. The molecule has 1 aromatic heterocycles. The fourth-order valence-corrected chi connectivity index (χ4v) is 4.75. The lowest BCUT2D eigenvalue weighted by Gasteiger charge is -2.34. The molecule has 8 heteroatoms. The molecule has 8 nitrogen and oxygen atoms in total. The van der Waals surface area contributed by atoms with E-state index in [1.54, 1.807) is 0 Å². The Balaban J connectivity index is 1.49. The summed E-state index contributed by atoms with van der Waals surface area (Å²) < 4.78 is 18.8. The Bertz CT molecular complexity index is 1200. The Morgan fingerprint density at radius 2 is 1.38 bits per heavy atom. The summed E-state index contributed by atoms with van der Waals surface area (Å²) in [6.45, 7) is 3.15. The zero-order valence-electron chi connectivity index (χ0n) is 18.7. The van der Waals surface area contributed by atoms with Crippen molar-refractivity contribution in [3.63, 3.8) is 0 Å². The molecule has 2 aliphatic rings. The lowest BCUT2D eigenvalue weighted by molar-refractivity contribution is 0.0215. The molecule has 3 heterocycles. The second-order valence-electron chi connectivity index (χ2n) is 8.37. The van der Waals surface area contributed by atoms with E-state index in [4.69, 9.17) is 14.2 Å². The molecule has 0 saturated carbocycles. The predicted molar refractivity (Wildman–Crippen MR) is 125 cm³/mol. The van der Waals surface area contributed by atoms with Crippen LogP contribution in [0.3, 0.4) is 0 Å². The maximum atomic E-state index is 5.69. The minimum absolute atomic E-state index is 0.162. The molecule has 3 aromatic carbocycles. The van der Waals surface area contributed by atoms with Crippen LogP contribution in [0.4, 0.5) is 0 Å². The van der Waals surface area contributed by atoms with Crippen molar-refractivity contribution in [2.24, 2.45) is 0 Å². The molecule has 6 rings (SSSR count). The molecule has 172 valence electrons. The van der Waals surface area contributed by atoms with Crippen LogP contribution in [0.5, 0.6) is 11.5 Å². The number of ether oxygens (including phenoxy) is 3. The molecule has 4 aromatic rings. The van der Waals surface area contributed by atoms with Crippen molar-refractivity contribution >= 4 is 0 Å². The van der Waals surface area contributed by atoms with Crippen molar-refractivity contribution in [2.45, 2.75) is 12.1 Å². The van der Waals surface area contributed by atoms with Crippen molar-refractivity contribution in [1.29, 1.82) is 0 Å². The van der Waals surface area contributed by atoms with E-state index in [2.05, 4.69) is 50.8 Å². The van der Waals surface area contributed by atoms with Gasteiger partial charge in [0, 0.05) is 13.1 Å². The molecule has 1 fully saturated rings. The zero-order chi connectivity index (χ0) is 22.7. The number of tetrazole rings is 1. The van der Waals surface area contributed by atoms with Crippen LogP contribution < -0.4 is 9.47 Å². The second-order valence-corrected chi connectivity index (χ2v) is 8.37. The van der Waals surface area contributed by atoms with Gasteiger partial charge in [0.15, 0.2) is 17.3 Å². The highest BCUT2D eigenvalue weighted by molar-refractivity contribution is 5.46.